The quantitative estimate of drug-likeness (QED) is 0.835. The molecule has 0 amide bonds. The van der Waals surface area contributed by atoms with Gasteiger partial charge < -0.3 is 10.5 Å². The summed E-state index contributed by atoms with van der Waals surface area (Å²) in [5.41, 5.74) is 7.00. The summed E-state index contributed by atoms with van der Waals surface area (Å²) in [6.07, 6.45) is -2.32. The molecule has 0 aromatic heterocycles. The molecule has 1 atom stereocenters. The van der Waals surface area contributed by atoms with Crippen molar-refractivity contribution in [3.05, 3.63) is 29.3 Å². The van der Waals surface area contributed by atoms with Crippen molar-refractivity contribution in [1.29, 1.82) is 0 Å². The average Bonchev–Trinajstić information content (AvgIpc) is 2.21. The van der Waals surface area contributed by atoms with E-state index in [0.717, 1.165) is 11.1 Å². The van der Waals surface area contributed by atoms with Crippen LogP contribution in [0.1, 0.15) is 11.1 Å². The first-order chi connectivity index (χ1) is 7.06. The number of benzene rings is 1. The Bertz CT molecular complexity index is 328. The fourth-order valence-electron chi connectivity index (χ4n) is 1.45. The van der Waals surface area contributed by atoms with E-state index >= 15 is 0 Å². The molecule has 0 radical (unpaired) electrons. The van der Waals surface area contributed by atoms with Gasteiger partial charge in [0.15, 0.2) is 0 Å². The Morgan fingerprint density at radius 3 is 2.60 bits per heavy atom. The first kappa shape index (κ1) is 11.9. The molecular weight excluding hydrogens is 200 g/mol. The van der Waals surface area contributed by atoms with Crippen LogP contribution in [0.15, 0.2) is 18.2 Å². The molecule has 2 N–H and O–H groups in total. The molecule has 1 aromatic rings. The minimum Gasteiger partial charge on any atom is -0.496 e. The van der Waals surface area contributed by atoms with E-state index in [0.29, 0.717) is 5.75 Å². The molecule has 0 bridgehead atoms. The summed E-state index contributed by atoms with van der Waals surface area (Å²) in [5.74, 6) is 0.703. The van der Waals surface area contributed by atoms with Gasteiger partial charge in [-0.1, -0.05) is 12.1 Å². The van der Waals surface area contributed by atoms with Gasteiger partial charge in [0.1, 0.15) is 5.75 Å². The van der Waals surface area contributed by atoms with Crippen LogP contribution in [0, 0.1) is 6.92 Å². The lowest BCUT2D eigenvalue weighted by Gasteiger charge is -2.14. The number of halogens is 2. The standard InChI is InChI=1S/C11H15F2NO/c1-7-8(6-9(14)11(12)13)4-3-5-10(7)15-2/h3-5,9,11H,6,14H2,1-2H3. The maximum absolute atomic E-state index is 12.3. The Balaban J connectivity index is 2.86. The molecule has 0 aliphatic carbocycles. The third-order valence-electron chi connectivity index (χ3n) is 2.40. The highest BCUT2D eigenvalue weighted by Crippen LogP contribution is 2.22. The third kappa shape index (κ3) is 2.89. The minimum absolute atomic E-state index is 0.167. The Morgan fingerprint density at radius 2 is 2.07 bits per heavy atom. The number of nitrogens with two attached hydrogens (primary N) is 1. The summed E-state index contributed by atoms with van der Waals surface area (Å²) in [7, 11) is 1.55. The van der Waals surface area contributed by atoms with Crippen LogP contribution in [0.4, 0.5) is 8.78 Å². The molecule has 0 aliphatic rings. The van der Waals surface area contributed by atoms with Gasteiger partial charge in [-0.3, -0.25) is 0 Å². The van der Waals surface area contributed by atoms with Crippen LogP contribution in [0.3, 0.4) is 0 Å². The van der Waals surface area contributed by atoms with E-state index in [1.165, 1.54) is 0 Å². The summed E-state index contributed by atoms with van der Waals surface area (Å²) < 4.78 is 29.6. The fraction of sp³-hybridized carbons (Fsp3) is 0.455. The highest BCUT2D eigenvalue weighted by Gasteiger charge is 2.17. The van der Waals surface area contributed by atoms with Crippen LogP contribution < -0.4 is 10.5 Å². The van der Waals surface area contributed by atoms with Crippen molar-refractivity contribution >= 4 is 0 Å². The monoisotopic (exact) mass is 215 g/mol. The lowest BCUT2D eigenvalue weighted by atomic mass is 10.0. The molecular formula is C11H15F2NO. The van der Waals surface area contributed by atoms with Gasteiger partial charge in [0, 0.05) is 0 Å². The Hall–Kier alpha value is -1.16. The highest BCUT2D eigenvalue weighted by atomic mass is 19.3. The molecule has 1 rings (SSSR count). The summed E-state index contributed by atoms with van der Waals surface area (Å²) >= 11 is 0. The van der Waals surface area contributed by atoms with Crippen LogP contribution >= 0.6 is 0 Å². The zero-order valence-electron chi connectivity index (χ0n) is 8.84. The average molecular weight is 215 g/mol. The lowest BCUT2D eigenvalue weighted by Crippen LogP contribution is -2.31. The summed E-state index contributed by atoms with van der Waals surface area (Å²) in [5, 5.41) is 0. The predicted octanol–water partition coefficient (Wildman–Crippen LogP) is 2.14. The molecule has 0 fully saturated rings. The minimum atomic E-state index is -2.49. The van der Waals surface area contributed by atoms with Crippen LogP contribution in [-0.4, -0.2) is 19.6 Å². The summed E-state index contributed by atoms with van der Waals surface area (Å²) in [6, 6.07) is 4.25. The van der Waals surface area contributed by atoms with Gasteiger partial charge in [0.25, 0.3) is 6.43 Å². The largest absolute Gasteiger partial charge is 0.496 e. The van der Waals surface area contributed by atoms with E-state index in [1.54, 1.807) is 25.3 Å². The van der Waals surface area contributed by atoms with Crippen LogP contribution in [-0.2, 0) is 6.42 Å². The van der Waals surface area contributed by atoms with E-state index in [4.69, 9.17) is 10.5 Å². The van der Waals surface area contributed by atoms with Gasteiger partial charge in [0.05, 0.1) is 13.2 Å². The molecule has 84 valence electrons. The Morgan fingerprint density at radius 1 is 1.40 bits per heavy atom. The van der Waals surface area contributed by atoms with Gasteiger partial charge in [-0.25, -0.2) is 8.78 Å². The van der Waals surface area contributed by atoms with Crippen molar-refractivity contribution in [2.75, 3.05) is 7.11 Å². The molecule has 0 saturated heterocycles. The molecule has 0 spiro atoms. The number of hydrogen-bond acceptors (Lipinski definition) is 2. The van der Waals surface area contributed by atoms with Crippen molar-refractivity contribution in [2.24, 2.45) is 5.73 Å². The van der Waals surface area contributed by atoms with Crippen LogP contribution in [0.2, 0.25) is 0 Å². The van der Waals surface area contributed by atoms with Gasteiger partial charge in [-0.15, -0.1) is 0 Å². The second-order valence-corrected chi connectivity index (χ2v) is 3.45. The molecule has 1 aromatic carbocycles. The molecule has 15 heavy (non-hydrogen) atoms. The first-order valence-corrected chi connectivity index (χ1v) is 4.72. The normalized spacial score (nSPS) is 12.9. The predicted molar refractivity (Wildman–Crippen MR) is 55.4 cm³/mol. The van der Waals surface area contributed by atoms with Crippen molar-refractivity contribution in [3.8, 4) is 5.75 Å². The van der Waals surface area contributed by atoms with E-state index in [2.05, 4.69) is 0 Å². The zero-order valence-corrected chi connectivity index (χ0v) is 8.84. The Kier molecular flexibility index (Phi) is 4.03. The van der Waals surface area contributed by atoms with Crippen LogP contribution in [0.5, 0.6) is 5.75 Å². The number of ether oxygens (including phenoxy) is 1. The van der Waals surface area contributed by atoms with Crippen molar-refractivity contribution < 1.29 is 13.5 Å². The topological polar surface area (TPSA) is 35.2 Å². The summed E-state index contributed by atoms with van der Waals surface area (Å²) in [4.78, 5) is 0. The Labute approximate surface area is 88.0 Å². The first-order valence-electron chi connectivity index (χ1n) is 4.72. The number of alkyl halides is 2. The van der Waals surface area contributed by atoms with E-state index in [1.807, 2.05) is 6.92 Å². The number of rotatable bonds is 4. The maximum atomic E-state index is 12.3. The van der Waals surface area contributed by atoms with Gasteiger partial charge >= 0.3 is 0 Å². The second kappa shape index (κ2) is 5.07. The fourth-order valence-corrected chi connectivity index (χ4v) is 1.45. The number of methoxy groups -OCH3 is 1. The SMILES string of the molecule is COc1cccc(CC(N)C(F)F)c1C. The van der Waals surface area contributed by atoms with Gasteiger partial charge in [-0.2, -0.15) is 0 Å². The molecule has 0 aliphatic heterocycles. The zero-order chi connectivity index (χ0) is 11.4. The van der Waals surface area contributed by atoms with Gasteiger partial charge in [-0.05, 0) is 30.5 Å². The van der Waals surface area contributed by atoms with Gasteiger partial charge in [0.2, 0.25) is 0 Å². The molecule has 2 nitrogen and oxygen atoms in total. The van der Waals surface area contributed by atoms with Crippen molar-refractivity contribution in [1.82, 2.24) is 0 Å². The highest BCUT2D eigenvalue weighted by molar-refractivity contribution is 5.39. The number of hydrogen-bond donors (Lipinski definition) is 1. The second-order valence-electron chi connectivity index (χ2n) is 3.45. The maximum Gasteiger partial charge on any atom is 0.253 e. The smallest absolute Gasteiger partial charge is 0.253 e. The molecule has 0 saturated carbocycles. The summed E-state index contributed by atoms with van der Waals surface area (Å²) in [6.45, 7) is 1.84. The van der Waals surface area contributed by atoms with E-state index in [9.17, 15) is 8.78 Å². The van der Waals surface area contributed by atoms with E-state index < -0.39 is 12.5 Å². The van der Waals surface area contributed by atoms with Crippen LogP contribution in [0.25, 0.3) is 0 Å². The van der Waals surface area contributed by atoms with Crippen molar-refractivity contribution in [2.45, 2.75) is 25.8 Å². The van der Waals surface area contributed by atoms with Crippen molar-refractivity contribution in [3.63, 3.8) is 0 Å². The molecule has 0 heterocycles. The molecule has 4 heteroatoms. The van der Waals surface area contributed by atoms with E-state index in [-0.39, 0.29) is 6.42 Å². The lowest BCUT2D eigenvalue weighted by molar-refractivity contribution is 0.116. The third-order valence-corrected chi connectivity index (χ3v) is 2.40. The molecule has 1 unspecified atom stereocenters.